The van der Waals surface area contributed by atoms with Gasteiger partial charge >= 0.3 is 5.97 Å². The number of thiophene rings is 1. The zero-order valence-corrected chi connectivity index (χ0v) is 26.5. The molecule has 0 radical (unpaired) electrons. The Balaban J connectivity index is 1.44. The van der Waals surface area contributed by atoms with Crippen molar-refractivity contribution in [2.75, 3.05) is 53.5 Å². The van der Waals surface area contributed by atoms with Crippen LogP contribution < -0.4 is 14.2 Å². The Kier molecular flexibility index (Phi) is 10.0. The predicted octanol–water partition coefficient (Wildman–Crippen LogP) is 5.59. The Morgan fingerprint density at radius 1 is 1.12 bits per heavy atom. The third-order valence-electron chi connectivity index (χ3n) is 7.86. The number of methoxy groups -OCH3 is 1. The minimum absolute atomic E-state index is 0.107. The van der Waals surface area contributed by atoms with Crippen LogP contribution in [-0.4, -0.2) is 90.4 Å². The normalized spacial score (nSPS) is 15.0. The van der Waals surface area contributed by atoms with E-state index in [2.05, 4.69) is 33.7 Å². The Labute approximate surface area is 261 Å². The molecule has 1 fully saturated rings. The number of aromatic nitrogens is 2. The van der Waals surface area contributed by atoms with Gasteiger partial charge in [0.1, 0.15) is 29.3 Å². The molecule has 11 heteroatoms. The van der Waals surface area contributed by atoms with Crippen LogP contribution in [-0.2, 0) is 17.6 Å². The van der Waals surface area contributed by atoms with E-state index >= 15 is 0 Å². The maximum Gasteiger partial charge on any atom is 0.345 e. The van der Waals surface area contributed by atoms with Crippen molar-refractivity contribution in [3.63, 3.8) is 0 Å². The van der Waals surface area contributed by atoms with Crippen LogP contribution in [0.25, 0.3) is 21.3 Å². The molecule has 2 aromatic carbocycles. The summed E-state index contributed by atoms with van der Waals surface area (Å²) >= 11 is 8.44. The maximum atomic E-state index is 12.4. The van der Waals surface area contributed by atoms with Gasteiger partial charge in [-0.2, -0.15) is 0 Å². The number of halogens is 1. The van der Waals surface area contributed by atoms with Crippen molar-refractivity contribution >= 4 is 39.1 Å². The highest BCUT2D eigenvalue weighted by molar-refractivity contribution is 7.19. The van der Waals surface area contributed by atoms with Crippen molar-refractivity contribution in [1.82, 2.24) is 19.8 Å². The summed E-state index contributed by atoms with van der Waals surface area (Å²) in [6, 6.07) is 11.2. The van der Waals surface area contributed by atoms with Crippen LogP contribution in [0.4, 0.5) is 0 Å². The van der Waals surface area contributed by atoms with E-state index in [0.717, 1.165) is 71.1 Å². The van der Waals surface area contributed by atoms with E-state index < -0.39 is 12.1 Å². The van der Waals surface area contributed by atoms with Gasteiger partial charge in [-0.3, -0.25) is 4.90 Å². The monoisotopic (exact) mass is 624 g/mol. The van der Waals surface area contributed by atoms with Crippen LogP contribution in [0.5, 0.6) is 17.4 Å². The van der Waals surface area contributed by atoms with E-state index in [1.54, 1.807) is 24.5 Å². The van der Waals surface area contributed by atoms with E-state index in [1.165, 1.54) is 6.33 Å². The van der Waals surface area contributed by atoms with Crippen LogP contribution in [0.2, 0.25) is 5.02 Å². The molecule has 3 heterocycles. The lowest BCUT2D eigenvalue weighted by Crippen LogP contribution is -2.45. The SMILES string of the molecule is CCc1sc2ncnc(O[C@H](Cc3ccccc3OC)C(=O)O)c2c1-c1ccc(OCCN2CCN(C)CC2)c(Cl)c1C. The first-order valence-corrected chi connectivity index (χ1v) is 15.6. The molecule has 228 valence electrons. The topological polar surface area (TPSA) is 97.2 Å². The highest BCUT2D eigenvalue weighted by Gasteiger charge is 2.27. The molecule has 9 nitrogen and oxygen atoms in total. The Bertz CT molecular complexity index is 1590. The summed E-state index contributed by atoms with van der Waals surface area (Å²) in [6.07, 6.45) is 1.08. The molecular formula is C32H37ClN4O5S. The van der Waals surface area contributed by atoms with Gasteiger partial charge in [0.25, 0.3) is 0 Å². The zero-order valence-electron chi connectivity index (χ0n) is 24.9. The third kappa shape index (κ3) is 6.88. The van der Waals surface area contributed by atoms with Gasteiger partial charge in [-0.1, -0.05) is 42.8 Å². The number of benzene rings is 2. The molecule has 0 spiro atoms. The van der Waals surface area contributed by atoms with Crippen LogP contribution in [0.3, 0.4) is 0 Å². The summed E-state index contributed by atoms with van der Waals surface area (Å²) in [5, 5.41) is 11.3. The molecule has 0 bridgehead atoms. The number of piperazine rings is 1. The molecule has 43 heavy (non-hydrogen) atoms. The van der Waals surface area contributed by atoms with Crippen LogP contribution in [0.15, 0.2) is 42.7 Å². The van der Waals surface area contributed by atoms with Gasteiger partial charge in [0.05, 0.1) is 17.5 Å². The summed E-state index contributed by atoms with van der Waals surface area (Å²) in [4.78, 5) is 27.8. The first-order valence-electron chi connectivity index (χ1n) is 14.4. The minimum atomic E-state index is -1.19. The number of fused-ring (bicyclic) bond motifs is 1. The smallest absolute Gasteiger partial charge is 0.345 e. The standard InChI is InChI=1S/C32H37ClN4O5S/c1-5-26-27(22-10-11-24(29(33)20(22)2)41-17-16-37-14-12-36(3)13-15-37)28-30(34-19-35-31(28)43-26)42-25(32(38)39)18-21-8-6-7-9-23(21)40-4/h6-11,19,25H,5,12-18H2,1-4H3,(H,38,39)/t25-/m1/s1. The van der Waals surface area contributed by atoms with Gasteiger partial charge in [-0.25, -0.2) is 14.8 Å². The Morgan fingerprint density at radius 3 is 2.60 bits per heavy atom. The number of para-hydroxylation sites is 1. The van der Waals surface area contributed by atoms with Gasteiger partial charge in [0.15, 0.2) is 0 Å². The van der Waals surface area contributed by atoms with Gasteiger partial charge in [0, 0.05) is 49.6 Å². The quantitative estimate of drug-likeness (QED) is 0.216. The summed E-state index contributed by atoms with van der Waals surface area (Å²) in [7, 11) is 3.71. The molecule has 0 unspecified atom stereocenters. The maximum absolute atomic E-state index is 12.4. The van der Waals surface area contributed by atoms with Crippen molar-refractivity contribution < 1.29 is 24.1 Å². The molecule has 1 atom stereocenters. The van der Waals surface area contributed by atoms with Crippen LogP contribution >= 0.6 is 22.9 Å². The lowest BCUT2D eigenvalue weighted by Gasteiger charge is -2.32. The molecule has 0 saturated carbocycles. The number of aryl methyl sites for hydroxylation is 1. The van der Waals surface area contributed by atoms with Crippen molar-refractivity contribution in [2.45, 2.75) is 32.8 Å². The Hall–Kier alpha value is -3.44. The van der Waals surface area contributed by atoms with E-state index in [0.29, 0.717) is 28.5 Å². The number of nitrogens with zero attached hydrogens (tertiary/aromatic N) is 4. The molecule has 1 aliphatic heterocycles. The number of carbonyl (C=O) groups is 1. The van der Waals surface area contributed by atoms with E-state index in [4.69, 9.17) is 25.8 Å². The number of likely N-dealkylation sites (N-methyl/N-ethyl adjacent to an activating group) is 1. The van der Waals surface area contributed by atoms with E-state index in [-0.39, 0.29) is 12.3 Å². The molecule has 0 amide bonds. The van der Waals surface area contributed by atoms with Crippen molar-refractivity contribution in [1.29, 1.82) is 0 Å². The number of aliphatic carboxylic acids is 1. The minimum Gasteiger partial charge on any atom is -0.496 e. The third-order valence-corrected chi connectivity index (χ3v) is 9.57. The van der Waals surface area contributed by atoms with Gasteiger partial charge in [0.2, 0.25) is 12.0 Å². The van der Waals surface area contributed by atoms with Gasteiger partial charge in [-0.05, 0) is 49.2 Å². The Morgan fingerprint density at radius 2 is 1.88 bits per heavy atom. The molecule has 4 aromatic rings. The van der Waals surface area contributed by atoms with E-state index in [9.17, 15) is 9.90 Å². The lowest BCUT2D eigenvalue weighted by atomic mass is 9.97. The number of hydrogen-bond donors (Lipinski definition) is 1. The van der Waals surface area contributed by atoms with E-state index in [1.807, 2.05) is 37.3 Å². The largest absolute Gasteiger partial charge is 0.496 e. The lowest BCUT2D eigenvalue weighted by molar-refractivity contribution is -0.145. The summed E-state index contributed by atoms with van der Waals surface area (Å²) in [5.74, 6) is 0.375. The summed E-state index contributed by atoms with van der Waals surface area (Å²) in [6.45, 7) is 9.64. The number of carboxylic acid groups (broad SMARTS) is 1. The molecule has 5 rings (SSSR count). The fourth-order valence-corrected chi connectivity index (χ4v) is 6.66. The number of rotatable bonds is 12. The number of hydrogen-bond acceptors (Lipinski definition) is 9. The molecule has 1 aliphatic rings. The average molecular weight is 625 g/mol. The first-order chi connectivity index (χ1) is 20.8. The molecule has 2 aromatic heterocycles. The second kappa shape index (κ2) is 13.9. The van der Waals surface area contributed by atoms with Crippen LogP contribution in [0, 0.1) is 6.92 Å². The highest BCUT2D eigenvalue weighted by Crippen LogP contribution is 2.45. The highest BCUT2D eigenvalue weighted by atomic mass is 35.5. The first kappa shape index (κ1) is 31.0. The second-order valence-corrected chi connectivity index (χ2v) is 12.1. The summed E-state index contributed by atoms with van der Waals surface area (Å²) in [5.41, 5.74) is 3.42. The number of ether oxygens (including phenoxy) is 3. The predicted molar refractivity (Wildman–Crippen MR) is 170 cm³/mol. The van der Waals surface area contributed by atoms with Gasteiger partial charge < -0.3 is 24.2 Å². The van der Waals surface area contributed by atoms with Crippen molar-refractivity contribution in [3.8, 4) is 28.5 Å². The number of carboxylic acids is 1. The molecule has 0 aliphatic carbocycles. The molecule has 1 saturated heterocycles. The zero-order chi connectivity index (χ0) is 30.5. The fourth-order valence-electron chi connectivity index (χ4n) is 5.36. The molecule has 1 N–H and O–H groups in total. The molecular weight excluding hydrogens is 588 g/mol. The second-order valence-electron chi connectivity index (χ2n) is 10.6. The summed E-state index contributed by atoms with van der Waals surface area (Å²) < 4.78 is 17.7. The van der Waals surface area contributed by atoms with Crippen molar-refractivity contribution in [2.24, 2.45) is 0 Å². The average Bonchev–Trinajstić information content (AvgIpc) is 3.39. The fraction of sp³-hybridized carbons (Fsp3) is 0.406. The van der Waals surface area contributed by atoms with Crippen LogP contribution in [0.1, 0.15) is 22.9 Å². The van der Waals surface area contributed by atoms with Gasteiger partial charge in [-0.15, -0.1) is 11.3 Å². The van der Waals surface area contributed by atoms with Crippen molar-refractivity contribution in [3.05, 3.63) is 63.8 Å².